The molecule has 0 atom stereocenters. The summed E-state index contributed by atoms with van der Waals surface area (Å²) in [6, 6.07) is 5.05. The monoisotopic (exact) mass is 231 g/mol. The lowest BCUT2D eigenvalue weighted by molar-refractivity contribution is -0.140. The van der Waals surface area contributed by atoms with Crippen molar-refractivity contribution in [2.45, 2.75) is 6.92 Å². The van der Waals surface area contributed by atoms with Crippen molar-refractivity contribution >= 4 is 35.4 Å². The smallest absolute Gasteiger partial charge is 0.319 e. The number of carbonyl (C=O) groups is 1. The molecule has 0 heterocycles. The Morgan fingerprint density at radius 3 is 2.50 bits per heavy atom. The van der Waals surface area contributed by atoms with Gasteiger partial charge in [-0.05, 0) is 12.1 Å². The number of hydrogen-bond acceptors (Lipinski definition) is 3. The maximum atomic E-state index is 10.4. The highest BCUT2D eigenvalue weighted by atomic mass is 35.5. The third-order valence-electron chi connectivity index (χ3n) is 1.36. The standard InChI is InChI=1S/C9H7Cl2NO2/c1-6(13)14-12-5-7-8(10)3-2-4-9(7)11/h2-5H,1H3/b12-5-. The van der Waals surface area contributed by atoms with Crippen LogP contribution in [-0.2, 0) is 9.63 Å². The molecule has 5 heteroatoms. The van der Waals surface area contributed by atoms with E-state index in [1.54, 1.807) is 18.2 Å². The average molecular weight is 232 g/mol. The van der Waals surface area contributed by atoms with Crippen molar-refractivity contribution in [2.24, 2.45) is 5.16 Å². The predicted octanol–water partition coefficient (Wildman–Crippen LogP) is 2.89. The third-order valence-corrected chi connectivity index (χ3v) is 2.02. The Hall–Kier alpha value is -1.06. The quantitative estimate of drug-likeness (QED) is 0.446. The molecule has 1 aromatic carbocycles. The molecular weight excluding hydrogens is 225 g/mol. The van der Waals surface area contributed by atoms with Gasteiger partial charge in [-0.3, -0.25) is 0 Å². The predicted molar refractivity (Wildman–Crippen MR) is 55.8 cm³/mol. The molecule has 0 fully saturated rings. The lowest BCUT2D eigenvalue weighted by Gasteiger charge is -1.99. The fourth-order valence-corrected chi connectivity index (χ4v) is 1.28. The second-order valence-electron chi connectivity index (χ2n) is 2.45. The first-order chi connectivity index (χ1) is 6.61. The van der Waals surface area contributed by atoms with Crippen molar-refractivity contribution < 1.29 is 9.63 Å². The van der Waals surface area contributed by atoms with Crippen LogP contribution in [-0.4, -0.2) is 12.2 Å². The van der Waals surface area contributed by atoms with E-state index in [0.717, 1.165) is 0 Å². The van der Waals surface area contributed by atoms with Gasteiger partial charge in [0, 0.05) is 12.5 Å². The molecule has 1 rings (SSSR count). The molecule has 14 heavy (non-hydrogen) atoms. The summed E-state index contributed by atoms with van der Waals surface area (Å²) in [7, 11) is 0. The van der Waals surface area contributed by atoms with E-state index in [1.807, 2.05) is 0 Å². The number of benzene rings is 1. The van der Waals surface area contributed by atoms with Crippen molar-refractivity contribution in [3.8, 4) is 0 Å². The Morgan fingerprint density at radius 2 is 2.00 bits per heavy atom. The van der Waals surface area contributed by atoms with Gasteiger partial charge in [-0.1, -0.05) is 34.4 Å². The highest BCUT2D eigenvalue weighted by molar-refractivity contribution is 6.38. The maximum absolute atomic E-state index is 10.4. The molecule has 0 bridgehead atoms. The summed E-state index contributed by atoms with van der Waals surface area (Å²) in [5, 5.41) is 4.32. The molecule has 0 N–H and O–H groups in total. The number of carbonyl (C=O) groups excluding carboxylic acids is 1. The summed E-state index contributed by atoms with van der Waals surface area (Å²) >= 11 is 11.7. The lowest BCUT2D eigenvalue weighted by Crippen LogP contribution is -1.92. The van der Waals surface area contributed by atoms with E-state index in [9.17, 15) is 4.79 Å². The number of halogens is 2. The first kappa shape index (κ1) is 11.0. The van der Waals surface area contributed by atoms with E-state index in [0.29, 0.717) is 15.6 Å². The molecule has 0 aromatic heterocycles. The molecule has 74 valence electrons. The minimum Gasteiger partial charge on any atom is -0.319 e. The third kappa shape index (κ3) is 3.01. The summed E-state index contributed by atoms with van der Waals surface area (Å²) in [5.74, 6) is -0.496. The summed E-state index contributed by atoms with van der Waals surface area (Å²) in [6.07, 6.45) is 1.30. The molecule has 1 aromatic rings. The number of rotatable bonds is 2. The first-order valence-electron chi connectivity index (χ1n) is 3.76. The van der Waals surface area contributed by atoms with E-state index >= 15 is 0 Å². The molecule has 0 radical (unpaired) electrons. The summed E-state index contributed by atoms with van der Waals surface area (Å²) in [6.45, 7) is 1.26. The van der Waals surface area contributed by atoms with Crippen molar-refractivity contribution in [2.75, 3.05) is 0 Å². The Morgan fingerprint density at radius 1 is 1.43 bits per heavy atom. The zero-order chi connectivity index (χ0) is 10.6. The van der Waals surface area contributed by atoms with Crippen molar-refractivity contribution in [1.29, 1.82) is 0 Å². The van der Waals surface area contributed by atoms with E-state index in [2.05, 4.69) is 9.99 Å². The Balaban J connectivity index is 2.85. The van der Waals surface area contributed by atoms with Crippen LogP contribution in [0.3, 0.4) is 0 Å². The normalized spacial score (nSPS) is 10.5. The average Bonchev–Trinajstić information content (AvgIpc) is 2.09. The van der Waals surface area contributed by atoms with Crippen LogP contribution in [0, 0.1) is 0 Å². The highest BCUT2D eigenvalue weighted by Gasteiger charge is 2.02. The van der Waals surface area contributed by atoms with Gasteiger partial charge in [0.1, 0.15) is 0 Å². The van der Waals surface area contributed by atoms with Crippen LogP contribution in [0.2, 0.25) is 10.0 Å². The number of oxime groups is 1. The van der Waals surface area contributed by atoms with Crippen molar-refractivity contribution in [3.63, 3.8) is 0 Å². The SMILES string of the molecule is CC(=O)O/N=C\c1c(Cl)cccc1Cl. The minimum absolute atomic E-state index is 0.452. The molecular formula is C9H7Cl2NO2. The van der Waals surface area contributed by atoms with Crippen LogP contribution in [0.4, 0.5) is 0 Å². The molecule has 0 saturated carbocycles. The molecule has 0 aliphatic rings. The zero-order valence-corrected chi connectivity index (χ0v) is 8.84. The van der Waals surface area contributed by atoms with Crippen LogP contribution >= 0.6 is 23.2 Å². The summed E-state index contributed by atoms with van der Waals surface area (Å²) in [5.41, 5.74) is 0.525. The number of hydrogen-bond donors (Lipinski definition) is 0. The van der Waals surface area contributed by atoms with E-state index in [1.165, 1.54) is 13.1 Å². The summed E-state index contributed by atoms with van der Waals surface area (Å²) in [4.78, 5) is 14.8. The Labute approximate surface area is 91.3 Å². The first-order valence-corrected chi connectivity index (χ1v) is 4.52. The second-order valence-corrected chi connectivity index (χ2v) is 3.27. The van der Waals surface area contributed by atoms with Gasteiger partial charge >= 0.3 is 5.97 Å². The van der Waals surface area contributed by atoms with Crippen molar-refractivity contribution in [3.05, 3.63) is 33.8 Å². The van der Waals surface area contributed by atoms with Gasteiger partial charge in [0.15, 0.2) is 0 Å². The van der Waals surface area contributed by atoms with Crippen LogP contribution in [0.1, 0.15) is 12.5 Å². The molecule has 0 amide bonds. The van der Waals surface area contributed by atoms with Gasteiger partial charge in [0.25, 0.3) is 0 Å². The van der Waals surface area contributed by atoms with Crippen LogP contribution in [0.5, 0.6) is 0 Å². The van der Waals surface area contributed by atoms with Gasteiger partial charge in [-0.25, -0.2) is 4.79 Å². The molecule has 0 aliphatic carbocycles. The Bertz CT molecular complexity index is 357. The van der Waals surface area contributed by atoms with Gasteiger partial charge in [0.2, 0.25) is 0 Å². The largest absolute Gasteiger partial charge is 0.331 e. The van der Waals surface area contributed by atoms with Crippen LogP contribution < -0.4 is 0 Å². The van der Waals surface area contributed by atoms with Gasteiger partial charge in [-0.15, -0.1) is 0 Å². The lowest BCUT2D eigenvalue weighted by atomic mass is 10.2. The maximum Gasteiger partial charge on any atom is 0.331 e. The van der Waals surface area contributed by atoms with E-state index < -0.39 is 5.97 Å². The summed E-state index contributed by atoms with van der Waals surface area (Å²) < 4.78 is 0. The van der Waals surface area contributed by atoms with Crippen molar-refractivity contribution in [1.82, 2.24) is 0 Å². The second kappa shape index (κ2) is 4.98. The highest BCUT2D eigenvalue weighted by Crippen LogP contribution is 2.22. The van der Waals surface area contributed by atoms with Gasteiger partial charge in [0.05, 0.1) is 16.3 Å². The fraction of sp³-hybridized carbons (Fsp3) is 0.111. The van der Waals surface area contributed by atoms with E-state index in [-0.39, 0.29) is 0 Å². The van der Waals surface area contributed by atoms with E-state index in [4.69, 9.17) is 23.2 Å². The minimum atomic E-state index is -0.496. The molecule has 0 aliphatic heterocycles. The molecule has 3 nitrogen and oxygen atoms in total. The van der Waals surface area contributed by atoms with Gasteiger partial charge < -0.3 is 4.84 Å². The zero-order valence-electron chi connectivity index (χ0n) is 7.33. The van der Waals surface area contributed by atoms with Crippen LogP contribution in [0.25, 0.3) is 0 Å². The topological polar surface area (TPSA) is 38.7 Å². The van der Waals surface area contributed by atoms with Crippen LogP contribution in [0.15, 0.2) is 23.4 Å². The Kier molecular flexibility index (Phi) is 3.92. The molecule has 0 saturated heterocycles. The molecule has 0 unspecified atom stereocenters. The fourth-order valence-electron chi connectivity index (χ4n) is 0.787. The van der Waals surface area contributed by atoms with Gasteiger partial charge in [-0.2, -0.15) is 0 Å². The molecule has 0 spiro atoms. The number of nitrogens with zero attached hydrogens (tertiary/aromatic N) is 1.